The number of hydrogen-bond acceptors (Lipinski definition) is 4. The van der Waals surface area contributed by atoms with E-state index in [1.54, 1.807) is 6.07 Å². The predicted octanol–water partition coefficient (Wildman–Crippen LogP) is 3.15. The van der Waals surface area contributed by atoms with Crippen molar-refractivity contribution in [2.45, 2.75) is 25.4 Å². The molecule has 0 fully saturated rings. The van der Waals surface area contributed by atoms with Gasteiger partial charge in [0.25, 0.3) is 0 Å². The summed E-state index contributed by atoms with van der Waals surface area (Å²) >= 11 is 1.51. The minimum atomic E-state index is -0.866. The Balaban J connectivity index is 2.11. The molecule has 0 saturated carbocycles. The van der Waals surface area contributed by atoms with Crippen LogP contribution < -0.4 is 5.32 Å². The molecule has 0 amide bonds. The van der Waals surface area contributed by atoms with Crippen LogP contribution in [0, 0.1) is 5.82 Å². The molecule has 0 bridgehead atoms. The van der Waals surface area contributed by atoms with Crippen LogP contribution in [0.1, 0.15) is 36.0 Å². The van der Waals surface area contributed by atoms with Crippen molar-refractivity contribution in [1.29, 1.82) is 0 Å². The Morgan fingerprint density at radius 2 is 2.30 bits per heavy atom. The lowest BCUT2D eigenvalue weighted by Crippen LogP contribution is -2.26. The van der Waals surface area contributed by atoms with E-state index in [9.17, 15) is 9.18 Å². The zero-order valence-electron chi connectivity index (χ0n) is 10.9. The molecule has 0 aromatic carbocycles. The van der Waals surface area contributed by atoms with E-state index in [-0.39, 0.29) is 24.3 Å². The van der Waals surface area contributed by atoms with E-state index < -0.39 is 5.97 Å². The van der Waals surface area contributed by atoms with Crippen LogP contribution in [0.2, 0.25) is 0 Å². The van der Waals surface area contributed by atoms with Crippen molar-refractivity contribution in [2.24, 2.45) is 0 Å². The van der Waals surface area contributed by atoms with Crippen LogP contribution in [0.25, 0.3) is 0 Å². The van der Waals surface area contributed by atoms with Gasteiger partial charge >= 0.3 is 5.97 Å². The summed E-state index contributed by atoms with van der Waals surface area (Å²) < 4.78 is 12.8. The monoisotopic (exact) mass is 294 g/mol. The van der Waals surface area contributed by atoms with Crippen molar-refractivity contribution < 1.29 is 14.3 Å². The van der Waals surface area contributed by atoms with Crippen molar-refractivity contribution in [3.8, 4) is 0 Å². The number of rotatable bonds is 6. The number of nitrogens with zero attached hydrogens (tertiary/aromatic N) is 1. The number of thiophene rings is 1. The van der Waals surface area contributed by atoms with E-state index in [1.165, 1.54) is 17.4 Å². The Morgan fingerprint density at radius 1 is 1.50 bits per heavy atom. The molecule has 20 heavy (non-hydrogen) atoms. The molecule has 2 rings (SSSR count). The normalized spacial score (nSPS) is 13.9. The molecular weight excluding hydrogens is 279 g/mol. The second kappa shape index (κ2) is 6.58. The van der Waals surface area contributed by atoms with Crippen molar-refractivity contribution in [2.75, 3.05) is 0 Å². The van der Waals surface area contributed by atoms with Crippen molar-refractivity contribution in [1.82, 2.24) is 10.3 Å². The van der Waals surface area contributed by atoms with Gasteiger partial charge in [-0.3, -0.25) is 9.78 Å². The predicted molar refractivity (Wildman–Crippen MR) is 75.1 cm³/mol. The maximum atomic E-state index is 12.8. The number of nitrogens with one attached hydrogen (secondary N) is 1. The Kier molecular flexibility index (Phi) is 4.81. The molecular formula is C14H15FN2O2S. The number of pyridine rings is 1. The standard InChI is InChI=1S/C14H15FN2O2S/c1-9(11-5-4-10(15)8-16-11)17-12(7-14(18)19)13-3-2-6-20-13/h2-6,8-9,12,17H,7H2,1H3,(H,18,19). The number of carboxylic acids is 1. The van der Waals surface area contributed by atoms with Crippen LogP contribution in [0.3, 0.4) is 0 Å². The molecule has 2 aromatic rings. The smallest absolute Gasteiger partial charge is 0.305 e. The zero-order valence-corrected chi connectivity index (χ0v) is 11.7. The van der Waals surface area contributed by atoms with Crippen LogP contribution in [0.4, 0.5) is 4.39 Å². The topological polar surface area (TPSA) is 62.2 Å². The first kappa shape index (κ1) is 14.6. The average molecular weight is 294 g/mol. The highest BCUT2D eigenvalue weighted by atomic mass is 32.1. The van der Waals surface area contributed by atoms with Crippen molar-refractivity contribution >= 4 is 17.3 Å². The first-order chi connectivity index (χ1) is 9.56. The third-order valence-corrected chi connectivity index (χ3v) is 3.90. The second-order valence-corrected chi connectivity index (χ2v) is 5.43. The molecule has 106 valence electrons. The lowest BCUT2D eigenvalue weighted by atomic mass is 10.1. The molecule has 2 N–H and O–H groups in total. The summed E-state index contributed by atoms with van der Waals surface area (Å²) in [5, 5.41) is 14.1. The van der Waals surface area contributed by atoms with Gasteiger partial charge in [0, 0.05) is 10.9 Å². The lowest BCUT2D eigenvalue weighted by molar-refractivity contribution is -0.137. The van der Waals surface area contributed by atoms with Gasteiger partial charge in [-0.25, -0.2) is 4.39 Å². The quantitative estimate of drug-likeness (QED) is 0.859. The van der Waals surface area contributed by atoms with Crippen molar-refractivity contribution in [3.05, 3.63) is 52.2 Å². The fourth-order valence-electron chi connectivity index (χ4n) is 1.94. The molecule has 0 aliphatic heterocycles. The SMILES string of the molecule is CC(NC(CC(=O)O)c1cccs1)c1ccc(F)cn1. The fraction of sp³-hybridized carbons (Fsp3) is 0.286. The summed E-state index contributed by atoms with van der Waals surface area (Å²) in [6.45, 7) is 1.88. The summed E-state index contributed by atoms with van der Waals surface area (Å²) in [6.07, 6.45) is 1.15. The first-order valence-corrected chi connectivity index (χ1v) is 7.07. The Hall–Kier alpha value is -1.79. The minimum absolute atomic E-state index is 0.00789. The van der Waals surface area contributed by atoms with Gasteiger partial charge in [0.05, 0.1) is 24.4 Å². The fourth-order valence-corrected chi connectivity index (χ4v) is 2.72. The highest BCUT2D eigenvalue weighted by molar-refractivity contribution is 7.10. The van der Waals surface area contributed by atoms with E-state index in [1.807, 2.05) is 24.4 Å². The number of aromatic nitrogens is 1. The molecule has 0 spiro atoms. The Labute approximate surface area is 120 Å². The van der Waals surface area contributed by atoms with Gasteiger partial charge in [-0.1, -0.05) is 6.07 Å². The number of aliphatic carboxylic acids is 1. The summed E-state index contributed by atoms with van der Waals surface area (Å²) in [5.41, 5.74) is 0.679. The van der Waals surface area contributed by atoms with E-state index in [0.29, 0.717) is 5.69 Å². The number of halogens is 1. The van der Waals surface area contributed by atoms with E-state index in [0.717, 1.165) is 11.1 Å². The van der Waals surface area contributed by atoms with Crippen molar-refractivity contribution in [3.63, 3.8) is 0 Å². The van der Waals surface area contributed by atoms with Crippen LogP contribution in [-0.4, -0.2) is 16.1 Å². The summed E-state index contributed by atoms with van der Waals surface area (Å²) in [4.78, 5) is 15.9. The molecule has 4 nitrogen and oxygen atoms in total. The molecule has 2 unspecified atom stereocenters. The van der Waals surface area contributed by atoms with Crippen LogP contribution in [0.15, 0.2) is 35.8 Å². The van der Waals surface area contributed by atoms with Gasteiger partial charge < -0.3 is 10.4 Å². The Bertz CT molecular complexity index is 557. The molecule has 0 aliphatic carbocycles. The molecule has 2 atom stereocenters. The van der Waals surface area contributed by atoms with Gasteiger partial charge in [-0.15, -0.1) is 11.3 Å². The van der Waals surface area contributed by atoms with E-state index in [4.69, 9.17) is 5.11 Å². The lowest BCUT2D eigenvalue weighted by Gasteiger charge is -2.21. The van der Waals surface area contributed by atoms with Crippen LogP contribution in [-0.2, 0) is 4.79 Å². The number of hydrogen-bond donors (Lipinski definition) is 2. The van der Waals surface area contributed by atoms with Gasteiger partial charge in [-0.2, -0.15) is 0 Å². The zero-order chi connectivity index (χ0) is 14.5. The largest absolute Gasteiger partial charge is 0.481 e. The minimum Gasteiger partial charge on any atom is -0.481 e. The highest BCUT2D eigenvalue weighted by Gasteiger charge is 2.19. The third kappa shape index (κ3) is 3.85. The highest BCUT2D eigenvalue weighted by Crippen LogP contribution is 2.25. The Morgan fingerprint density at radius 3 is 2.85 bits per heavy atom. The van der Waals surface area contributed by atoms with Gasteiger partial charge in [0.1, 0.15) is 5.82 Å². The number of carbonyl (C=O) groups is 1. The molecule has 2 heterocycles. The van der Waals surface area contributed by atoms with Gasteiger partial charge in [0.15, 0.2) is 0 Å². The number of carboxylic acid groups (broad SMARTS) is 1. The molecule has 0 aliphatic rings. The van der Waals surface area contributed by atoms with Gasteiger partial charge in [-0.05, 0) is 30.5 Å². The maximum absolute atomic E-state index is 12.8. The molecule has 6 heteroatoms. The van der Waals surface area contributed by atoms with Crippen LogP contribution in [0.5, 0.6) is 0 Å². The molecule has 0 radical (unpaired) electrons. The summed E-state index contributed by atoms with van der Waals surface area (Å²) in [7, 11) is 0. The first-order valence-electron chi connectivity index (χ1n) is 6.19. The van der Waals surface area contributed by atoms with E-state index >= 15 is 0 Å². The van der Waals surface area contributed by atoms with Crippen LogP contribution >= 0.6 is 11.3 Å². The van der Waals surface area contributed by atoms with Gasteiger partial charge in [0.2, 0.25) is 0 Å². The second-order valence-electron chi connectivity index (χ2n) is 4.46. The average Bonchev–Trinajstić information content (AvgIpc) is 2.92. The summed E-state index contributed by atoms with van der Waals surface area (Å²) in [6, 6.07) is 6.28. The van der Waals surface area contributed by atoms with E-state index in [2.05, 4.69) is 10.3 Å². The summed E-state index contributed by atoms with van der Waals surface area (Å²) in [5.74, 6) is -1.25. The molecule has 0 saturated heterocycles. The third-order valence-electron chi connectivity index (χ3n) is 2.91. The molecule has 2 aromatic heterocycles. The maximum Gasteiger partial charge on any atom is 0.305 e.